The summed E-state index contributed by atoms with van der Waals surface area (Å²) < 4.78 is 43.9. The van der Waals surface area contributed by atoms with Gasteiger partial charge in [-0.1, -0.05) is 24.3 Å². The first kappa shape index (κ1) is 24.2. The molecule has 11 heteroatoms. The molecule has 2 N–H and O–H groups in total. The van der Waals surface area contributed by atoms with Crippen LogP contribution < -0.4 is 15.6 Å². The Kier molecular flexibility index (Phi) is 5.61. The van der Waals surface area contributed by atoms with Crippen LogP contribution in [0.2, 0.25) is 0 Å². The highest BCUT2D eigenvalue weighted by Gasteiger charge is 2.35. The molecule has 188 valence electrons. The molecule has 0 saturated heterocycles. The summed E-state index contributed by atoms with van der Waals surface area (Å²) in [5.41, 5.74) is 1.39. The molecule has 0 atom stereocenters. The smallest absolute Gasteiger partial charge is 0.344 e. The Morgan fingerprint density at radius 2 is 1.62 bits per heavy atom. The van der Waals surface area contributed by atoms with E-state index in [9.17, 15) is 27.4 Å². The van der Waals surface area contributed by atoms with Crippen LogP contribution in [0.1, 0.15) is 26.3 Å². The molecule has 4 aromatic rings. The highest BCUT2D eigenvalue weighted by Crippen LogP contribution is 2.46. The summed E-state index contributed by atoms with van der Waals surface area (Å²) in [5.74, 6) is -0.923. The summed E-state index contributed by atoms with van der Waals surface area (Å²) >= 11 is 0. The second-order valence-corrected chi connectivity index (χ2v) is 9.75. The van der Waals surface area contributed by atoms with Gasteiger partial charge in [-0.15, -0.1) is 0 Å². The van der Waals surface area contributed by atoms with E-state index in [2.05, 4.69) is 5.32 Å². The van der Waals surface area contributed by atoms with Gasteiger partial charge in [0.2, 0.25) is 0 Å². The Balaban J connectivity index is 1.89. The minimum absolute atomic E-state index is 0.198. The monoisotopic (exact) mass is 520 g/mol. The minimum Gasteiger partial charge on any atom is -0.494 e. The number of nitrogens with one attached hydrogen (secondary N) is 1. The number of benzene rings is 3. The van der Waals surface area contributed by atoms with E-state index in [0.29, 0.717) is 33.4 Å². The maximum absolute atomic E-state index is 13.8. The van der Waals surface area contributed by atoms with Gasteiger partial charge in [0.25, 0.3) is 15.7 Å². The quantitative estimate of drug-likeness (QED) is 0.263. The highest BCUT2D eigenvalue weighted by atomic mass is 32.2. The van der Waals surface area contributed by atoms with Gasteiger partial charge in [-0.25, -0.2) is 4.79 Å². The van der Waals surface area contributed by atoms with Crippen LogP contribution in [-0.4, -0.2) is 43.5 Å². The zero-order valence-corrected chi connectivity index (χ0v) is 20.7. The number of carbonyl (C=O) groups is 2. The third kappa shape index (κ3) is 3.67. The number of carbonyl (C=O) groups excluding carboxylic acids is 2. The molecule has 0 amide bonds. The third-order valence-corrected chi connectivity index (χ3v) is 7.20. The van der Waals surface area contributed by atoms with Crippen molar-refractivity contribution in [1.82, 2.24) is 4.57 Å². The van der Waals surface area contributed by atoms with Crippen LogP contribution in [0, 0.1) is 0 Å². The number of aryl methyl sites for hydroxylation is 1. The van der Waals surface area contributed by atoms with Gasteiger partial charge < -0.3 is 19.4 Å². The van der Waals surface area contributed by atoms with Crippen LogP contribution in [0.4, 0.5) is 11.4 Å². The zero-order valence-electron chi connectivity index (χ0n) is 19.9. The van der Waals surface area contributed by atoms with Crippen molar-refractivity contribution in [1.29, 1.82) is 0 Å². The average Bonchev–Trinajstić information content (AvgIpc) is 2.88. The molecular formula is C26H20N2O8S. The maximum atomic E-state index is 13.8. The fourth-order valence-corrected chi connectivity index (χ4v) is 5.16. The summed E-state index contributed by atoms with van der Waals surface area (Å²) in [4.78, 5) is 39.8. The topological polar surface area (TPSA) is 141 Å². The zero-order chi connectivity index (χ0) is 26.6. The fourth-order valence-electron chi connectivity index (χ4n) is 4.68. The average molecular weight is 521 g/mol. The Labute approximate surface area is 210 Å². The molecule has 0 unspecified atom stereocenters. The number of fused-ring (bicyclic) bond motifs is 2. The number of ketones is 1. The van der Waals surface area contributed by atoms with Gasteiger partial charge in [-0.3, -0.25) is 14.1 Å². The van der Waals surface area contributed by atoms with Crippen LogP contribution in [0.25, 0.3) is 22.0 Å². The Hall–Kier alpha value is -4.48. The molecule has 1 aliphatic carbocycles. The van der Waals surface area contributed by atoms with E-state index in [4.69, 9.17) is 9.47 Å². The summed E-state index contributed by atoms with van der Waals surface area (Å²) in [7, 11) is -0.317. The maximum Gasteiger partial charge on any atom is 0.344 e. The highest BCUT2D eigenvalue weighted by molar-refractivity contribution is 7.85. The number of anilines is 2. The molecule has 1 aromatic heterocycles. The van der Waals surface area contributed by atoms with Gasteiger partial charge >= 0.3 is 5.97 Å². The molecular weight excluding hydrogens is 500 g/mol. The van der Waals surface area contributed by atoms with Crippen molar-refractivity contribution in [3.8, 4) is 16.9 Å². The van der Waals surface area contributed by atoms with Crippen molar-refractivity contribution in [3.05, 3.63) is 81.6 Å². The first-order chi connectivity index (χ1) is 17.6. The van der Waals surface area contributed by atoms with Crippen molar-refractivity contribution in [3.63, 3.8) is 0 Å². The van der Waals surface area contributed by atoms with Crippen LogP contribution in [0.15, 0.2) is 64.3 Å². The lowest BCUT2D eigenvalue weighted by molar-refractivity contribution is 0.0599. The van der Waals surface area contributed by atoms with Gasteiger partial charge in [-0.05, 0) is 29.8 Å². The molecule has 0 saturated carbocycles. The van der Waals surface area contributed by atoms with Crippen molar-refractivity contribution in [2.45, 2.75) is 4.90 Å². The predicted octanol–water partition coefficient (Wildman–Crippen LogP) is 3.54. The lowest BCUT2D eigenvalue weighted by Gasteiger charge is -2.26. The van der Waals surface area contributed by atoms with Crippen LogP contribution >= 0.6 is 0 Å². The van der Waals surface area contributed by atoms with Crippen molar-refractivity contribution >= 4 is 44.1 Å². The molecule has 0 spiro atoms. The lowest BCUT2D eigenvalue weighted by Crippen LogP contribution is -2.29. The Morgan fingerprint density at radius 3 is 2.22 bits per heavy atom. The molecule has 10 nitrogen and oxygen atoms in total. The van der Waals surface area contributed by atoms with Gasteiger partial charge in [-0.2, -0.15) is 8.42 Å². The largest absolute Gasteiger partial charge is 0.494 e. The van der Waals surface area contributed by atoms with Crippen molar-refractivity contribution in [2.24, 2.45) is 7.05 Å². The van der Waals surface area contributed by atoms with Gasteiger partial charge in [0.1, 0.15) is 11.3 Å². The lowest BCUT2D eigenvalue weighted by atomic mass is 9.81. The second kappa shape index (κ2) is 8.57. The molecule has 3 aromatic carbocycles. The van der Waals surface area contributed by atoms with Crippen LogP contribution in [0.3, 0.4) is 0 Å². The molecule has 1 aliphatic rings. The predicted molar refractivity (Wildman–Crippen MR) is 135 cm³/mol. The van der Waals surface area contributed by atoms with E-state index in [0.717, 1.165) is 0 Å². The number of pyridine rings is 1. The summed E-state index contributed by atoms with van der Waals surface area (Å²) in [5, 5.41) is 3.44. The van der Waals surface area contributed by atoms with E-state index < -0.39 is 21.6 Å². The molecule has 5 rings (SSSR count). The molecule has 37 heavy (non-hydrogen) atoms. The van der Waals surface area contributed by atoms with E-state index >= 15 is 0 Å². The van der Waals surface area contributed by atoms with Crippen LogP contribution in [-0.2, 0) is 21.9 Å². The van der Waals surface area contributed by atoms with Crippen LogP contribution in [0.5, 0.6) is 5.75 Å². The fraction of sp³-hybridized carbons (Fsp3) is 0.115. The minimum atomic E-state index is -4.39. The summed E-state index contributed by atoms with van der Waals surface area (Å²) in [6.45, 7) is 0. The number of aromatic nitrogens is 1. The van der Waals surface area contributed by atoms with Crippen molar-refractivity contribution < 1.29 is 32.0 Å². The first-order valence-corrected chi connectivity index (χ1v) is 12.4. The number of hydrogen-bond acceptors (Lipinski definition) is 8. The number of hydrogen-bond donors (Lipinski definition) is 2. The van der Waals surface area contributed by atoms with Gasteiger partial charge in [0, 0.05) is 35.3 Å². The van der Waals surface area contributed by atoms with Gasteiger partial charge in [0.15, 0.2) is 5.78 Å². The Morgan fingerprint density at radius 1 is 0.973 bits per heavy atom. The van der Waals surface area contributed by atoms with Gasteiger partial charge in [0.05, 0.1) is 35.9 Å². The normalized spacial score (nSPS) is 12.3. The number of nitrogens with zero attached hydrogens (tertiary/aromatic N) is 1. The number of esters is 1. The summed E-state index contributed by atoms with van der Waals surface area (Å²) in [6.07, 6.45) is 0. The number of methoxy groups -OCH3 is 2. The molecule has 0 radical (unpaired) electrons. The van der Waals surface area contributed by atoms with E-state index in [-0.39, 0.29) is 33.1 Å². The van der Waals surface area contributed by atoms with E-state index in [1.54, 1.807) is 30.3 Å². The standard InChI is InChI=1S/C26H20N2O8S/c1-28-23-18(35-2)12-17(27-13-8-10-14(11-9-13)37(32,33)34)20-21(23)19(22(25(28)30)26(31)36-3)15-6-4-5-7-16(15)24(20)29/h4-12,27H,1-3H3,(H,32,33,34). The summed E-state index contributed by atoms with van der Waals surface area (Å²) in [6, 6.07) is 13.5. The van der Waals surface area contributed by atoms with Crippen molar-refractivity contribution in [2.75, 3.05) is 19.5 Å². The number of rotatable bonds is 5. The first-order valence-electron chi connectivity index (χ1n) is 10.9. The molecule has 0 bridgehead atoms. The Bertz CT molecular complexity index is 1810. The molecule has 0 fully saturated rings. The third-order valence-electron chi connectivity index (χ3n) is 6.33. The SMILES string of the molecule is COC(=O)c1c2c3c(c(Nc4ccc(S(=O)(=O)O)cc4)cc(OC)c3n(C)c1=O)C(=O)c1ccccc1-2. The molecule has 0 aliphatic heterocycles. The number of ether oxygens (including phenoxy) is 2. The van der Waals surface area contributed by atoms with E-state index in [1.165, 1.54) is 50.1 Å². The van der Waals surface area contributed by atoms with E-state index in [1.807, 2.05) is 0 Å². The molecule has 1 heterocycles. The second-order valence-electron chi connectivity index (χ2n) is 8.33.